The van der Waals surface area contributed by atoms with Crippen molar-refractivity contribution in [3.63, 3.8) is 0 Å². The van der Waals surface area contributed by atoms with Crippen LogP contribution in [-0.4, -0.2) is 21.5 Å². The van der Waals surface area contributed by atoms with Gasteiger partial charge in [0.25, 0.3) is 0 Å². The van der Waals surface area contributed by atoms with Crippen molar-refractivity contribution in [1.82, 2.24) is 0 Å². The summed E-state index contributed by atoms with van der Waals surface area (Å²) in [6.45, 7) is 15.1. The summed E-state index contributed by atoms with van der Waals surface area (Å²) in [7, 11) is -1.63. The van der Waals surface area contributed by atoms with E-state index in [0.29, 0.717) is 23.2 Å². The van der Waals surface area contributed by atoms with E-state index >= 15 is 0 Å². The molecule has 0 fully saturated rings. The van der Waals surface area contributed by atoms with Crippen LogP contribution in [0, 0.1) is 0 Å². The molecule has 0 aliphatic heterocycles. The van der Waals surface area contributed by atoms with Crippen LogP contribution >= 0.6 is 0 Å². The molecular formula is C11H27NOSi. The molecule has 0 spiro atoms. The minimum absolute atomic E-state index is 0.640. The molecule has 2 N–H and O–H groups in total. The zero-order valence-corrected chi connectivity index (χ0v) is 11.6. The smallest absolute Gasteiger partial charge is 0.200 e. The topological polar surface area (TPSA) is 35.2 Å². The fraction of sp³-hybridized carbons (Fsp3) is 1.00. The average molecular weight is 217 g/mol. The van der Waals surface area contributed by atoms with Crippen LogP contribution in [-0.2, 0) is 4.43 Å². The van der Waals surface area contributed by atoms with Crippen molar-refractivity contribution in [2.24, 2.45) is 5.73 Å². The standard InChI is InChI=1S/C11H27NOSi/c1-9(2)14(10(3)4,11(5)6)13-8-7-12/h9-11H,7-8,12H2,1-6H3. The summed E-state index contributed by atoms with van der Waals surface area (Å²) in [6, 6.07) is 0. The second kappa shape index (κ2) is 5.88. The summed E-state index contributed by atoms with van der Waals surface area (Å²) < 4.78 is 6.18. The Kier molecular flexibility index (Phi) is 5.94. The normalized spacial score (nSPS) is 13.3. The molecule has 0 bridgehead atoms. The van der Waals surface area contributed by atoms with E-state index in [1.807, 2.05) is 0 Å². The van der Waals surface area contributed by atoms with Gasteiger partial charge < -0.3 is 10.2 Å². The summed E-state index contributed by atoms with van der Waals surface area (Å²) in [5, 5.41) is 0. The molecule has 2 nitrogen and oxygen atoms in total. The number of rotatable bonds is 6. The summed E-state index contributed by atoms with van der Waals surface area (Å²) in [5.41, 5.74) is 7.52. The van der Waals surface area contributed by atoms with Crippen LogP contribution in [0.25, 0.3) is 0 Å². The van der Waals surface area contributed by atoms with Crippen LogP contribution in [0.2, 0.25) is 16.6 Å². The Balaban J connectivity index is 4.76. The Labute approximate surface area is 90.3 Å². The minimum atomic E-state index is -1.63. The van der Waals surface area contributed by atoms with Gasteiger partial charge in [0.1, 0.15) is 0 Å². The molecule has 0 radical (unpaired) electrons. The Morgan fingerprint density at radius 1 is 0.929 bits per heavy atom. The number of hydrogen-bond acceptors (Lipinski definition) is 2. The van der Waals surface area contributed by atoms with E-state index < -0.39 is 8.32 Å². The van der Waals surface area contributed by atoms with E-state index in [1.165, 1.54) is 0 Å². The van der Waals surface area contributed by atoms with Gasteiger partial charge in [0.15, 0.2) is 8.32 Å². The number of hydrogen-bond donors (Lipinski definition) is 1. The highest BCUT2D eigenvalue weighted by atomic mass is 28.4. The summed E-state index contributed by atoms with van der Waals surface area (Å²) in [4.78, 5) is 0. The Morgan fingerprint density at radius 3 is 1.50 bits per heavy atom. The summed E-state index contributed by atoms with van der Waals surface area (Å²) in [5.74, 6) is 0. The van der Waals surface area contributed by atoms with Crippen molar-refractivity contribution >= 4 is 8.32 Å². The van der Waals surface area contributed by atoms with Gasteiger partial charge >= 0.3 is 0 Å². The highest BCUT2D eigenvalue weighted by Crippen LogP contribution is 2.41. The molecule has 0 saturated carbocycles. The first-order valence-electron chi connectivity index (χ1n) is 5.73. The van der Waals surface area contributed by atoms with Gasteiger partial charge in [-0.3, -0.25) is 0 Å². The molecule has 0 aromatic carbocycles. The third kappa shape index (κ3) is 2.81. The van der Waals surface area contributed by atoms with Crippen molar-refractivity contribution in [3.8, 4) is 0 Å². The average Bonchev–Trinajstić information content (AvgIpc) is 2.03. The lowest BCUT2D eigenvalue weighted by molar-refractivity contribution is 0.287. The van der Waals surface area contributed by atoms with Crippen LogP contribution in [0.3, 0.4) is 0 Å². The summed E-state index contributed by atoms with van der Waals surface area (Å²) >= 11 is 0. The predicted octanol–water partition coefficient (Wildman–Crippen LogP) is 3.14. The molecule has 0 aliphatic rings. The maximum Gasteiger partial charge on any atom is 0.200 e. The Bertz CT molecular complexity index is 136. The van der Waals surface area contributed by atoms with Gasteiger partial charge in [-0.15, -0.1) is 0 Å². The molecule has 0 unspecified atom stereocenters. The van der Waals surface area contributed by atoms with Crippen molar-refractivity contribution < 1.29 is 4.43 Å². The lowest BCUT2D eigenvalue weighted by Gasteiger charge is -2.42. The Hall–Kier alpha value is 0.137. The molecule has 0 amide bonds. The lowest BCUT2D eigenvalue weighted by Crippen LogP contribution is -2.48. The molecule has 0 rings (SSSR count). The van der Waals surface area contributed by atoms with E-state index in [4.69, 9.17) is 10.2 Å². The number of nitrogens with two attached hydrogens (primary N) is 1. The van der Waals surface area contributed by atoms with Crippen molar-refractivity contribution in [3.05, 3.63) is 0 Å². The van der Waals surface area contributed by atoms with E-state index in [1.54, 1.807) is 0 Å². The van der Waals surface area contributed by atoms with E-state index in [2.05, 4.69) is 41.5 Å². The molecule has 0 aromatic rings. The maximum absolute atomic E-state index is 6.18. The molecule has 3 heteroatoms. The largest absolute Gasteiger partial charge is 0.415 e. The Morgan fingerprint density at radius 2 is 1.29 bits per heavy atom. The first-order valence-corrected chi connectivity index (χ1v) is 7.87. The van der Waals surface area contributed by atoms with Crippen LogP contribution in [0.15, 0.2) is 0 Å². The monoisotopic (exact) mass is 217 g/mol. The zero-order chi connectivity index (χ0) is 11.4. The van der Waals surface area contributed by atoms with Crippen molar-refractivity contribution in [1.29, 1.82) is 0 Å². The van der Waals surface area contributed by atoms with E-state index in [9.17, 15) is 0 Å². The zero-order valence-electron chi connectivity index (χ0n) is 10.6. The molecule has 0 aromatic heterocycles. The SMILES string of the molecule is CC(C)[Si](OCCN)(C(C)C)C(C)C. The first kappa shape index (κ1) is 14.1. The van der Waals surface area contributed by atoms with Gasteiger partial charge in [-0.2, -0.15) is 0 Å². The second-order valence-corrected chi connectivity index (χ2v) is 10.4. The van der Waals surface area contributed by atoms with Crippen molar-refractivity contribution in [2.75, 3.05) is 13.2 Å². The molecule has 86 valence electrons. The fourth-order valence-corrected chi connectivity index (χ4v) is 8.21. The van der Waals surface area contributed by atoms with Gasteiger partial charge in [-0.25, -0.2) is 0 Å². The second-order valence-electron chi connectivity index (χ2n) is 4.95. The van der Waals surface area contributed by atoms with Crippen LogP contribution in [0.5, 0.6) is 0 Å². The van der Waals surface area contributed by atoms with Gasteiger partial charge in [0.05, 0.1) is 0 Å². The minimum Gasteiger partial charge on any atom is -0.415 e. The van der Waals surface area contributed by atoms with Gasteiger partial charge in [-0.05, 0) is 16.6 Å². The maximum atomic E-state index is 6.18. The summed E-state index contributed by atoms with van der Waals surface area (Å²) in [6.07, 6.45) is 0. The molecule has 0 saturated heterocycles. The van der Waals surface area contributed by atoms with Crippen LogP contribution in [0.1, 0.15) is 41.5 Å². The van der Waals surface area contributed by atoms with Crippen LogP contribution in [0.4, 0.5) is 0 Å². The van der Waals surface area contributed by atoms with E-state index in [-0.39, 0.29) is 0 Å². The predicted molar refractivity (Wildman–Crippen MR) is 66.1 cm³/mol. The fourth-order valence-electron chi connectivity index (χ4n) is 2.74. The molecule has 0 heterocycles. The highest BCUT2D eigenvalue weighted by molar-refractivity contribution is 6.77. The quantitative estimate of drug-likeness (QED) is 0.694. The third-order valence-corrected chi connectivity index (χ3v) is 9.30. The first-order chi connectivity index (χ1) is 6.39. The van der Waals surface area contributed by atoms with E-state index in [0.717, 1.165) is 6.61 Å². The molecule has 0 atom stereocenters. The molecule has 0 aliphatic carbocycles. The van der Waals surface area contributed by atoms with Gasteiger partial charge in [0.2, 0.25) is 0 Å². The highest BCUT2D eigenvalue weighted by Gasteiger charge is 2.44. The molecular weight excluding hydrogens is 190 g/mol. The van der Waals surface area contributed by atoms with Gasteiger partial charge in [-0.1, -0.05) is 41.5 Å². The molecule has 14 heavy (non-hydrogen) atoms. The third-order valence-electron chi connectivity index (χ3n) is 3.18. The lowest BCUT2D eigenvalue weighted by atomic mass is 10.5. The van der Waals surface area contributed by atoms with Crippen molar-refractivity contribution in [2.45, 2.75) is 58.2 Å². The van der Waals surface area contributed by atoms with Crippen LogP contribution < -0.4 is 5.73 Å². The van der Waals surface area contributed by atoms with Gasteiger partial charge in [0, 0.05) is 13.2 Å².